The van der Waals surface area contributed by atoms with Crippen molar-refractivity contribution in [2.75, 3.05) is 45.8 Å². The second-order valence-electron chi connectivity index (χ2n) is 8.69. The predicted molar refractivity (Wildman–Crippen MR) is 129 cm³/mol. The fraction of sp³-hybridized carbons (Fsp3) is 0.500. The Labute approximate surface area is 198 Å². The summed E-state index contributed by atoms with van der Waals surface area (Å²) in [5.74, 6) is 0.903. The van der Waals surface area contributed by atoms with E-state index < -0.39 is 5.60 Å². The van der Waals surface area contributed by atoms with Crippen LogP contribution in [-0.2, 0) is 13.2 Å². The highest BCUT2D eigenvalue weighted by molar-refractivity contribution is 9.10. The molecule has 0 saturated carbocycles. The normalized spacial score (nSPS) is 20.0. The molecule has 0 atom stereocenters. The minimum absolute atomic E-state index is 0.510. The lowest BCUT2D eigenvalue weighted by Gasteiger charge is -2.42. The number of benzene rings is 2. The number of nitrogens with zero attached hydrogens (tertiary/aromatic N) is 2. The van der Waals surface area contributed by atoms with Gasteiger partial charge in [-0.15, -0.1) is 0 Å². The molecule has 2 saturated heterocycles. The number of aliphatic hydroxyl groups is 1. The topological polar surface area (TPSA) is 48.0 Å². The van der Waals surface area contributed by atoms with Crippen LogP contribution in [0.25, 0.3) is 0 Å². The molecule has 0 spiro atoms. The summed E-state index contributed by atoms with van der Waals surface area (Å²) in [6.45, 7) is 7.99. The van der Waals surface area contributed by atoms with E-state index in [0.29, 0.717) is 6.61 Å². The van der Waals surface area contributed by atoms with Crippen LogP contribution < -0.4 is 10.1 Å². The Morgan fingerprint density at radius 3 is 2.42 bits per heavy atom. The van der Waals surface area contributed by atoms with Crippen LogP contribution in [0.15, 0.2) is 46.9 Å². The Morgan fingerprint density at radius 2 is 1.71 bits per heavy atom. The maximum atomic E-state index is 11.1. The summed E-state index contributed by atoms with van der Waals surface area (Å²) in [5, 5.41) is 15.2. The molecular weight excluding hydrogens is 478 g/mol. The fourth-order valence-electron chi connectivity index (χ4n) is 4.37. The highest BCUT2D eigenvalue weighted by Gasteiger charge is 2.34. The molecule has 0 amide bonds. The van der Waals surface area contributed by atoms with Crippen molar-refractivity contribution in [3.8, 4) is 5.75 Å². The Kier molecular flexibility index (Phi) is 7.91. The minimum Gasteiger partial charge on any atom is -0.489 e. The first-order chi connectivity index (χ1) is 15.0. The van der Waals surface area contributed by atoms with Gasteiger partial charge in [0, 0.05) is 67.4 Å². The van der Waals surface area contributed by atoms with E-state index in [1.165, 1.54) is 0 Å². The van der Waals surface area contributed by atoms with Gasteiger partial charge >= 0.3 is 0 Å². The third kappa shape index (κ3) is 6.67. The average molecular weight is 509 g/mol. The van der Waals surface area contributed by atoms with Crippen LogP contribution in [-0.4, -0.2) is 66.3 Å². The molecule has 168 valence electrons. The van der Waals surface area contributed by atoms with Crippen molar-refractivity contribution < 1.29 is 9.84 Å². The van der Waals surface area contributed by atoms with Gasteiger partial charge < -0.3 is 15.2 Å². The first-order valence-corrected chi connectivity index (χ1v) is 12.2. The first kappa shape index (κ1) is 23.0. The second kappa shape index (κ2) is 10.6. The molecule has 0 aromatic heterocycles. The van der Waals surface area contributed by atoms with Crippen molar-refractivity contribution in [1.82, 2.24) is 15.1 Å². The Balaban J connectivity index is 1.33. The number of hydrogen-bond acceptors (Lipinski definition) is 5. The summed E-state index contributed by atoms with van der Waals surface area (Å²) in [5.41, 5.74) is 1.68. The quantitative estimate of drug-likeness (QED) is 0.594. The van der Waals surface area contributed by atoms with E-state index in [0.717, 1.165) is 91.6 Å². The van der Waals surface area contributed by atoms with Crippen molar-refractivity contribution >= 4 is 27.5 Å². The largest absolute Gasteiger partial charge is 0.489 e. The van der Waals surface area contributed by atoms with Gasteiger partial charge in [-0.05, 0) is 48.7 Å². The minimum atomic E-state index is -0.570. The summed E-state index contributed by atoms with van der Waals surface area (Å²) in [7, 11) is 0. The Morgan fingerprint density at radius 1 is 1.00 bits per heavy atom. The summed E-state index contributed by atoms with van der Waals surface area (Å²) < 4.78 is 7.20. The van der Waals surface area contributed by atoms with Crippen molar-refractivity contribution in [2.24, 2.45) is 0 Å². The van der Waals surface area contributed by atoms with Gasteiger partial charge in [-0.1, -0.05) is 39.7 Å². The number of rotatable bonds is 7. The molecule has 2 N–H and O–H groups in total. The van der Waals surface area contributed by atoms with Crippen molar-refractivity contribution in [2.45, 2.75) is 31.6 Å². The van der Waals surface area contributed by atoms with Gasteiger partial charge in [-0.2, -0.15) is 0 Å². The molecule has 0 unspecified atom stereocenters. The van der Waals surface area contributed by atoms with Gasteiger partial charge in [-0.3, -0.25) is 9.80 Å². The molecule has 2 aliphatic rings. The zero-order chi connectivity index (χ0) is 21.7. The molecular formula is C24H31BrClN3O2. The molecule has 31 heavy (non-hydrogen) atoms. The van der Waals surface area contributed by atoms with E-state index in [9.17, 15) is 5.11 Å². The molecule has 2 fully saturated rings. The summed E-state index contributed by atoms with van der Waals surface area (Å²) >= 11 is 9.58. The van der Waals surface area contributed by atoms with Crippen molar-refractivity contribution in [3.63, 3.8) is 0 Å². The molecule has 0 radical (unpaired) electrons. The maximum absolute atomic E-state index is 11.1. The highest BCUT2D eigenvalue weighted by atomic mass is 79.9. The van der Waals surface area contributed by atoms with Crippen LogP contribution in [0.1, 0.15) is 24.0 Å². The van der Waals surface area contributed by atoms with Crippen LogP contribution in [0.5, 0.6) is 5.75 Å². The number of halogens is 2. The van der Waals surface area contributed by atoms with E-state index in [4.69, 9.17) is 16.3 Å². The third-order valence-corrected chi connectivity index (χ3v) is 6.98. The lowest BCUT2D eigenvalue weighted by Crippen LogP contribution is -2.54. The Bertz CT molecular complexity index is 850. The smallest absolute Gasteiger partial charge is 0.124 e. The predicted octanol–water partition coefficient (Wildman–Crippen LogP) is 3.91. The van der Waals surface area contributed by atoms with Gasteiger partial charge in [0.25, 0.3) is 0 Å². The van der Waals surface area contributed by atoms with E-state index in [1.54, 1.807) is 0 Å². The molecule has 7 heteroatoms. The van der Waals surface area contributed by atoms with E-state index in [1.807, 2.05) is 36.4 Å². The summed E-state index contributed by atoms with van der Waals surface area (Å²) in [6.07, 6.45) is 1.62. The van der Waals surface area contributed by atoms with Crippen LogP contribution in [0.2, 0.25) is 5.02 Å². The average Bonchev–Trinajstić information content (AvgIpc) is 2.77. The number of hydrogen-bond donors (Lipinski definition) is 2. The van der Waals surface area contributed by atoms with E-state index in [2.05, 4.69) is 37.1 Å². The molecule has 0 bridgehead atoms. The highest BCUT2D eigenvalue weighted by Crippen LogP contribution is 2.29. The van der Waals surface area contributed by atoms with Gasteiger partial charge in [0.2, 0.25) is 0 Å². The maximum Gasteiger partial charge on any atom is 0.124 e. The molecule has 0 aliphatic carbocycles. The monoisotopic (exact) mass is 507 g/mol. The molecule has 2 aromatic carbocycles. The number of nitrogens with one attached hydrogen (secondary N) is 1. The number of β-amino-alcohol motifs (C(OH)–C–C–N with tert-alkyl or cyclic N) is 1. The molecule has 5 nitrogen and oxygen atoms in total. The van der Waals surface area contributed by atoms with Crippen LogP contribution in [0.4, 0.5) is 0 Å². The first-order valence-electron chi connectivity index (χ1n) is 11.0. The van der Waals surface area contributed by atoms with Crippen molar-refractivity contribution in [1.29, 1.82) is 0 Å². The third-order valence-electron chi connectivity index (χ3n) is 6.24. The SMILES string of the molecule is OC1(CN2CCNCC2)CCN(Cc2cc(Br)ccc2OCc2ccc(Cl)cc2)CC1. The number of piperidine rings is 1. The second-order valence-corrected chi connectivity index (χ2v) is 10.0. The van der Waals surface area contributed by atoms with Crippen LogP contribution in [0, 0.1) is 0 Å². The van der Waals surface area contributed by atoms with Gasteiger partial charge in [0.15, 0.2) is 0 Å². The van der Waals surface area contributed by atoms with Gasteiger partial charge in [0.05, 0.1) is 5.60 Å². The van der Waals surface area contributed by atoms with Crippen LogP contribution >= 0.6 is 27.5 Å². The van der Waals surface area contributed by atoms with Gasteiger partial charge in [-0.25, -0.2) is 0 Å². The van der Waals surface area contributed by atoms with E-state index >= 15 is 0 Å². The zero-order valence-corrected chi connectivity index (χ0v) is 20.2. The number of likely N-dealkylation sites (tertiary alicyclic amines) is 1. The number of ether oxygens (including phenoxy) is 1. The van der Waals surface area contributed by atoms with Crippen LogP contribution in [0.3, 0.4) is 0 Å². The lowest BCUT2D eigenvalue weighted by molar-refractivity contribution is -0.0484. The number of piperazine rings is 1. The molecule has 2 aliphatic heterocycles. The Hall–Kier alpha value is -1.15. The molecule has 4 rings (SSSR count). The lowest BCUT2D eigenvalue weighted by atomic mass is 9.90. The van der Waals surface area contributed by atoms with Crippen molar-refractivity contribution in [3.05, 3.63) is 63.1 Å². The summed E-state index contributed by atoms with van der Waals surface area (Å²) in [4.78, 5) is 4.81. The fourth-order valence-corrected chi connectivity index (χ4v) is 4.90. The standard InChI is InChI=1S/C24H31BrClN3O2/c25-21-3-6-23(31-17-19-1-4-22(26)5-2-19)20(15-21)16-28-11-7-24(30,8-12-28)18-29-13-9-27-10-14-29/h1-6,15,27,30H,7-14,16-18H2. The zero-order valence-electron chi connectivity index (χ0n) is 17.8. The molecule has 2 heterocycles. The summed E-state index contributed by atoms with van der Waals surface area (Å²) in [6, 6.07) is 13.9. The van der Waals surface area contributed by atoms with E-state index in [-0.39, 0.29) is 0 Å². The van der Waals surface area contributed by atoms with Gasteiger partial charge in [0.1, 0.15) is 12.4 Å². The molecule has 2 aromatic rings.